The topological polar surface area (TPSA) is 77.4 Å². The molecule has 0 amide bonds. The molecule has 2 heterocycles. The van der Waals surface area contributed by atoms with Crippen molar-refractivity contribution in [3.8, 4) is 29.1 Å². The number of nitrogens with zero attached hydrogens (tertiary/aromatic N) is 3. The van der Waals surface area contributed by atoms with Gasteiger partial charge in [0.05, 0.1) is 11.9 Å². The Labute approximate surface area is 175 Å². The molecule has 4 rings (SSSR count). The van der Waals surface area contributed by atoms with Crippen molar-refractivity contribution in [2.24, 2.45) is 5.92 Å². The largest absolute Gasteiger partial charge is 0.573 e. The second kappa shape index (κ2) is 8.24. The highest BCUT2D eigenvalue weighted by Crippen LogP contribution is 2.32. The predicted octanol–water partition coefficient (Wildman–Crippen LogP) is 4.21. The molecule has 1 N–H and O–H groups in total. The van der Waals surface area contributed by atoms with Crippen LogP contribution < -0.4 is 9.47 Å². The van der Waals surface area contributed by atoms with Crippen molar-refractivity contribution in [2.45, 2.75) is 24.8 Å². The molecule has 1 aromatic carbocycles. The molecule has 1 unspecified atom stereocenters. The fourth-order valence-electron chi connectivity index (χ4n) is 2.70. The molecule has 0 bridgehead atoms. The number of halogens is 3. The summed E-state index contributed by atoms with van der Waals surface area (Å²) in [6.07, 6.45) is 2.95. The second-order valence-electron chi connectivity index (χ2n) is 6.88. The molecule has 1 saturated carbocycles. The summed E-state index contributed by atoms with van der Waals surface area (Å²) in [7, 11) is 0. The van der Waals surface area contributed by atoms with Crippen LogP contribution in [0.2, 0.25) is 0 Å². The monoisotopic (exact) mass is 427 g/mol. The summed E-state index contributed by atoms with van der Waals surface area (Å²) in [5.41, 5.74) is -1.01. The van der Waals surface area contributed by atoms with Crippen LogP contribution in [0, 0.1) is 17.8 Å². The molecule has 1 aliphatic carbocycles. The number of aliphatic hydroxyl groups is 1. The van der Waals surface area contributed by atoms with Crippen LogP contribution >= 0.6 is 0 Å². The van der Waals surface area contributed by atoms with Gasteiger partial charge >= 0.3 is 6.36 Å². The molecule has 0 saturated heterocycles. The predicted molar refractivity (Wildman–Crippen MR) is 103 cm³/mol. The summed E-state index contributed by atoms with van der Waals surface area (Å²) < 4.78 is 46.2. The van der Waals surface area contributed by atoms with Crippen molar-refractivity contribution in [1.29, 1.82) is 0 Å². The van der Waals surface area contributed by atoms with Gasteiger partial charge in [0.1, 0.15) is 23.6 Å². The number of benzene rings is 1. The Balaban J connectivity index is 1.53. The van der Waals surface area contributed by atoms with Crippen molar-refractivity contribution in [3.63, 3.8) is 0 Å². The normalized spacial score (nSPS) is 15.4. The van der Waals surface area contributed by atoms with Crippen LogP contribution in [-0.2, 0) is 5.60 Å². The van der Waals surface area contributed by atoms with Gasteiger partial charge in [-0.3, -0.25) is 4.98 Å². The van der Waals surface area contributed by atoms with E-state index in [4.69, 9.17) is 4.74 Å². The highest BCUT2D eigenvalue weighted by atomic mass is 19.4. The van der Waals surface area contributed by atoms with E-state index in [9.17, 15) is 18.3 Å². The first-order valence-electron chi connectivity index (χ1n) is 9.32. The fourth-order valence-corrected chi connectivity index (χ4v) is 2.70. The number of alkyl halides is 3. The molecule has 3 aromatic rings. The van der Waals surface area contributed by atoms with Crippen molar-refractivity contribution in [3.05, 3.63) is 72.6 Å². The van der Waals surface area contributed by atoms with Gasteiger partial charge in [0.25, 0.3) is 0 Å². The van der Waals surface area contributed by atoms with Crippen LogP contribution in [0.15, 0.2) is 61.3 Å². The van der Waals surface area contributed by atoms with Crippen molar-refractivity contribution in [1.82, 2.24) is 15.0 Å². The number of hydrogen-bond acceptors (Lipinski definition) is 6. The zero-order chi connectivity index (χ0) is 21.9. The summed E-state index contributed by atoms with van der Waals surface area (Å²) in [6, 6.07) is 8.11. The Kier molecular flexibility index (Phi) is 5.48. The SMILES string of the molecule is OC(C#CC1CC1)(c1cncnc1)c1ccc(Oc2ccc(OC(F)(F)F)cc2)cn1. The lowest BCUT2D eigenvalue weighted by molar-refractivity contribution is -0.274. The molecule has 9 heteroatoms. The summed E-state index contributed by atoms with van der Waals surface area (Å²) in [6.45, 7) is 0. The first-order chi connectivity index (χ1) is 14.8. The van der Waals surface area contributed by atoms with E-state index < -0.39 is 12.0 Å². The Morgan fingerprint density at radius 1 is 0.903 bits per heavy atom. The summed E-state index contributed by atoms with van der Waals surface area (Å²) in [5, 5.41) is 11.3. The average Bonchev–Trinajstić information content (AvgIpc) is 3.58. The van der Waals surface area contributed by atoms with Gasteiger partial charge in [0, 0.05) is 23.9 Å². The summed E-state index contributed by atoms with van der Waals surface area (Å²) in [5.74, 6) is 6.49. The minimum absolute atomic E-state index is 0.267. The molecule has 0 radical (unpaired) electrons. The van der Waals surface area contributed by atoms with Crippen molar-refractivity contribution >= 4 is 0 Å². The first kappa shape index (κ1) is 20.6. The molecular formula is C22H16F3N3O3. The van der Waals surface area contributed by atoms with Crippen LogP contribution in [0.3, 0.4) is 0 Å². The fraction of sp³-hybridized carbons (Fsp3) is 0.227. The molecule has 0 aliphatic heterocycles. The molecule has 31 heavy (non-hydrogen) atoms. The third-order valence-electron chi connectivity index (χ3n) is 4.41. The van der Waals surface area contributed by atoms with Crippen LogP contribution in [0.25, 0.3) is 0 Å². The van der Waals surface area contributed by atoms with Gasteiger partial charge in [-0.1, -0.05) is 11.8 Å². The summed E-state index contributed by atoms with van der Waals surface area (Å²) >= 11 is 0. The van der Waals surface area contributed by atoms with E-state index >= 15 is 0 Å². The van der Waals surface area contributed by atoms with E-state index in [1.54, 1.807) is 12.1 Å². The molecule has 1 fully saturated rings. The van der Waals surface area contributed by atoms with E-state index in [1.807, 2.05) is 0 Å². The zero-order valence-electron chi connectivity index (χ0n) is 16.0. The zero-order valence-corrected chi connectivity index (χ0v) is 16.0. The Hall–Kier alpha value is -3.64. The Morgan fingerprint density at radius 3 is 2.13 bits per heavy atom. The maximum absolute atomic E-state index is 12.2. The van der Waals surface area contributed by atoms with Crippen molar-refractivity contribution < 1.29 is 27.8 Å². The van der Waals surface area contributed by atoms with Gasteiger partial charge in [-0.15, -0.1) is 13.2 Å². The number of aromatic nitrogens is 3. The first-order valence-corrected chi connectivity index (χ1v) is 9.32. The third kappa shape index (κ3) is 5.29. The second-order valence-corrected chi connectivity index (χ2v) is 6.88. The van der Waals surface area contributed by atoms with Crippen LogP contribution in [0.1, 0.15) is 24.1 Å². The van der Waals surface area contributed by atoms with Gasteiger partial charge in [-0.2, -0.15) is 0 Å². The number of hydrogen-bond donors (Lipinski definition) is 1. The molecule has 1 aliphatic rings. The molecule has 158 valence electrons. The van der Waals surface area contributed by atoms with Gasteiger partial charge in [0.2, 0.25) is 0 Å². The highest BCUT2D eigenvalue weighted by molar-refractivity contribution is 5.42. The quantitative estimate of drug-likeness (QED) is 0.615. The van der Waals surface area contributed by atoms with Gasteiger partial charge in [0.15, 0.2) is 5.60 Å². The average molecular weight is 427 g/mol. The van der Waals surface area contributed by atoms with Crippen LogP contribution in [0.4, 0.5) is 13.2 Å². The van der Waals surface area contributed by atoms with E-state index in [2.05, 4.69) is 31.5 Å². The van der Waals surface area contributed by atoms with Gasteiger partial charge < -0.3 is 14.6 Å². The van der Waals surface area contributed by atoms with Crippen LogP contribution in [0.5, 0.6) is 17.2 Å². The van der Waals surface area contributed by atoms with E-state index in [-0.39, 0.29) is 17.4 Å². The smallest absolute Gasteiger partial charge is 0.456 e. The Bertz CT molecular complexity index is 1090. The van der Waals surface area contributed by atoms with E-state index in [1.165, 1.54) is 37.1 Å². The highest BCUT2D eigenvalue weighted by Gasteiger charge is 2.33. The maximum atomic E-state index is 12.2. The van der Waals surface area contributed by atoms with Gasteiger partial charge in [-0.05, 0) is 49.2 Å². The lowest BCUT2D eigenvalue weighted by atomic mass is 9.92. The number of ether oxygens (including phenoxy) is 2. The van der Waals surface area contributed by atoms with Crippen molar-refractivity contribution in [2.75, 3.05) is 0 Å². The summed E-state index contributed by atoms with van der Waals surface area (Å²) in [4.78, 5) is 12.2. The number of rotatable bonds is 5. The van der Waals surface area contributed by atoms with Gasteiger partial charge in [-0.25, -0.2) is 9.97 Å². The minimum atomic E-state index is -4.76. The minimum Gasteiger partial charge on any atom is -0.456 e. The van der Waals surface area contributed by atoms with E-state index in [0.29, 0.717) is 17.1 Å². The lowest BCUT2D eigenvalue weighted by Crippen LogP contribution is -2.27. The maximum Gasteiger partial charge on any atom is 0.573 e. The van der Waals surface area contributed by atoms with E-state index in [0.717, 1.165) is 25.0 Å². The van der Waals surface area contributed by atoms with Crippen LogP contribution in [-0.4, -0.2) is 26.4 Å². The molecular weight excluding hydrogens is 411 g/mol. The third-order valence-corrected chi connectivity index (χ3v) is 4.41. The standard InChI is InChI=1S/C22H16F3N3O3/c23-22(24,25)31-18-5-3-17(4-6-18)30-19-7-8-20(28-13-19)21(29,10-9-15-1-2-15)16-11-26-14-27-12-16/h3-8,11-15,29H,1-2H2. The molecule has 0 spiro atoms. The molecule has 1 atom stereocenters. The molecule has 6 nitrogen and oxygen atoms in total. The lowest BCUT2D eigenvalue weighted by Gasteiger charge is -2.21. The molecule has 2 aromatic heterocycles. The Morgan fingerprint density at radius 2 is 1.55 bits per heavy atom. The number of pyridine rings is 1.